The van der Waals surface area contributed by atoms with Gasteiger partial charge in [0.1, 0.15) is 5.82 Å². The summed E-state index contributed by atoms with van der Waals surface area (Å²) in [5.41, 5.74) is 0. The van der Waals surface area contributed by atoms with E-state index >= 15 is 0 Å². The quantitative estimate of drug-likeness (QED) is 0.691. The van der Waals surface area contributed by atoms with Crippen molar-refractivity contribution in [3.05, 3.63) is 30.1 Å². The van der Waals surface area contributed by atoms with Gasteiger partial charge in [-0.3, -0.25) is 0 Å². The lowest BCUT2D eigenvalue weighted by atomic mass is 10.3. The van der Waals surface area contributed by atoms with Crippen molar-refractivity contribution in [1.29, 1.82) is 5.26 Å². The molecule has 1 nitrogen and oxygen atoms in total. The molecule has 0 N–H and O–H groups in total. The van der Waals surface area contributed by atoms with E-state index in [0.29, 0.717) is 4.90 Å². The van der Waals surface area contributed by atoms with Gasteiger partial charge in [-0.15, -0.1) is 11.8 Å². The Bertz CT molecular complexity index is 319. The van der Waals surface area contributed by atoms with Crippen LogP contribution in [-0.2, 0) is 0 Å². The molecular formula is C10H10FNS. The number of thioether (sulfide) groups is 1. The summed E-state index contributed by atoms with van der Waals surface area (Å²) in [6.45, 7) is 1.92. The molecule has 1 unspecified atom stereocenters. The van der Waals surface area contributed by atoms with Crippen molar-refractivity contribution in [3.8, 4) is 6.07 Å². The number of halogens is 1. The Morgan fingerprint density at radius 3 is 2.77 bits per heavy atom. The lowest BCUT2D eigenvalue weighted by Crippen LogP contribution is -1.96. The van der Waals surface area contributed by atoms with Gasteiger partial charge in [-0.1, -0.05) is 19.1 Å². The molecular weight excluding hydrogens is 185 g/mol. The molecule has 0 aliphatic rings. The first-order chi connectivity index (χ1) is 6.27. The van der Waals surface area contributed by atoms with Crippen molar-refractivity contribution >= 4 is 11.8 Å². The molecule has 0 spiro atoms. The van der Waals surface area contributed by atoms with Gasteiger partial charge in [0.25, 0.3) is 0 Å². The predicted molar refractivity (Wildman–Crippen MR) is 51.9 cm³/mol. The Kier molecular flexibility index (Phi) is 3.78. The standard InChI is InChI=1S/C10H10FNS/c1-2-8(7-12)13-10-6-4-3-5-9(10)11/h3-6,8H,2H2,1H3. The molecule has 0 saturated carbocycles. The second-order valence-corrected chi connectivity index (χ2v) is 3.82. The van der Waals surface area contributed by atoms with Crippen molar-refractivity contribution < 1.29 is 4.39 Å². The number of nitrogens with zero attached hydrogens (tertiary/aromatic N) is 1. The van der Waals surface area contributed by atoms with Crippen LogP contribution in [0.15, 0.2) is 29.2 Å². The summed E-state index contributed by atoms with van der Waals surface area (Å²) in [5.74, 6) is -0.249. The lowest BCUT2D eigenvalue weighted by Gasteiger charge is -2.05. The molecule has 0 aliphatic carbocycles. The second-order valence-electron chi connectivity index (χ2n) is 2.57. The largest absolute Gasteiger partial charge is 0.206 e. The van der Waals surface area contributed by atoms with Crippen LogP contribution in [0.4, 0.5) is 4.39 Å². The minimum absolute atomic E-state index is 0.156. The van der Waals surface area contributed by atoms with E-state index in [0.717, 1.165) is 6.42 Å². The molecule has 3 heteroatoms. The van der Waals surface area contributed by atoms with Crippen LogP contribution < -0.4 is 0 Å². The highest BCUT2D eigenvalue weighted by molar-refractivity contribution is 8.00. The van der Waals surface area contributed by atoms with E-state index in [9.17, 15) is 4.39 Å². The third-order valence-corrected chi connectivity index (χ3v) is 2.93. The molecule has 1 aromatic carbocycles. The molecule has 0 heterocycles. The van der Waals surface area contributed by atoms with Crippen molar-refractivity contribution in [2.24, 2.45) is 0 Å². The summed E-state index contributed by atoms with van der Waals surface area (Å²) >= 11 is 1.28. The van der Waals surface area contributed by atoms with E-state index in [1.165, 1.54) is 17.8 Å². The molecule has 1 aromatic rings. The Morgan fingerprint density at radius 2 is 2.23 bits per heavy atom. The normalized spacial score (nSPS) is 12.1. The highest BCUT2D eigenvalue weighted by Crippen LogP contribution is 2.26. The molecule has 13 heavy (non-hydrogen) atoms. The molecule has 1 rings (SSSR count). The fraction of sp³-hybridized carbons (Fsp3) is 0.300. The van der Waals surface area contributed by atoms with Gasteiger partial charge in [0.2, 0.25) is 0 Å². The van der Waals surface area contributed by atoms with Gasteiger partial charge in [0, 0.05) is 4.90 Å². The number of benzene rings is 1. The number of hydrogen-bond donors (Lipinski definition) is 0. The summed E-state index contributed by atoms with van der Waals surface area (Å²) in [6.07, 6.45) is 0.732. The van der Waals surface area contributed by atoms with Gasteiger partial charge >= 0.3 is 0 Å². The van der Waals surface area contributed by atoms with Crippen LogP contribution in [0, 0.1) is 17.1 Å². The van der Waals surface area contributed by atoms with Gasteiger partial charge in [0.15, 0.2) is 0 Å². The van der Waals surface area contributed by atoms with Crippen molar-refractivity contribution in [2.75, 3.05) is 0 Å². The minimum atomic E-state index is -0.249. The lowest BCUT2D eigenvalue weighted by molar-refractivity contribution is 0.601. The molecule has 1 atom stereocenters. The van der Waals surface area contributed by atoms with Crippen LogP contribution in [0.1, 0.15) is 13.3 Å². The fourth-order valence-electron chi connectivity index (χ4n) is 0.895. The van der Waals surface area contributed by atoms with Crippen LogP contribution in [0.2, 0.25) is 0 Å². The highest BCUT2D eigenvalue weighted by Gasteiger charge is 2.09. The van der Waals surface area contributed by atoms with Crippen molar-refractivity contribution in [2.45, 2.75) is 23.5 Å². The van der Waals surface area contributed by atoms with Gasteiger partial charge in [-0.05, 0) is 18.6 Å². The average Bonchev–Trinajstić information content (AvgIpc) is 2.17. The third kappa shape index (κ3) is 2.74. The maximum atomic E-state index is 13.1. The maximum Gasteiger partial charge on any atom is 0.136 e. The van der Waals surface area contributed by atoms with Crippen LogP contribution >= 0.6 is 11.8 Å². The Labute approximate surface area is 81.6 Å². The van der Waals surface area contributed by atoms with Crippen molar-refractivity contribution in [3.63, 3.8) is 0 Å². The van der Waals surface area contributed by atoms with Gasteiger partial charge in [-0.25, -0.2) is 4.39 Å². The molecule has 0 aliphatic heterocycles. The van der Waals surface area contributed by atoms with Crippen LogP contribution in [0.3, 0.4) is 0 Å². The van der Waals surface area contributed by atoms with Gasteiger partial charge in [-0.2, -0.15) is 5.26 Å². The zero-order chi connectivity index (χ0) is 9.68. The first kappa shape index (κ1) is 10.1. The van der Waals surface area contributed by atoms with Crippen LogP contribution in [0.25, 0.3) is 0 Å². The van der Waals surface area contributed by atoms with Gasteiger partial charge < -0.3 is 0 Å². The molecule has 0 bridgehead atoms. The van der Waals surface area contributed by atoms with Crippen LogP contribution in [-0.4, -0.2) is 5.25 Å². The summed E-state index contributed by atoms with van der Waals surface area (Å²) in [7, 11) is 0. The fourth-order valence-corrected chi connectivity index (χ4v) is 1.76. The van der Waals surface area contributed by atoms with Gasteiger partial charge in [0.05, 0.1) is 11.3 Å². The SMILES string of the molecule is CCC(C#N)Sc1ccccc1F. The van der Waals surface area contributed by atoms with Crippen molar-refractivity contribution in [1.82, 2.24) is 0 Å². The van der Waals surface area contributed by atoms with E-state index in [4.69, 9.17) is 5.26 Å². The Balaban J connectivity index is 2.74. The minimum Gasteiger partial charge on any atom is -0.206 e. The predicted octanol–water partition coefficient (Wildman–Crippen LogP) is 3.22. The maximum absolute atomic E-state index is 13.1. The molecule has 0 fully saturated rings. The molecule has 0 radical (unpaired) electrons. The topological polar surface area (TPSA) is 23.8 Å². The summed E-state index contributed by atoms with van der Waals surface area (Å²) < 4.78 is 13.1. The zero-order valence-electron chi connectivity index (χ0n) is 7.33. The number of hydrogen-bond acceptors (Lipinski definition) is 2. The van der Waals surface area contributed by atoms with E-state index in [1.807, 2.05) is 6.92 Å². The van der Waals surface area contributed by atoms with Crippen LogP contribution in [0.5, 0.6) is 0 Å². The highest BCUT2D eigenvalue weighted by atomic mass is 32.2. The number of rotatable bonds is 3. The summed E-state index contributed by atoms with van der Waals surface area (Å²) in [4.78, 5) is 0.552. The Hall–Kier alpha value is -1.01. The van der Waals surface area contributed by atoms with E-state index < -0.39 is 0 Å². The first-order valence-corrected chi connectivity index (χ1v) is 4.96. The summed E-state index contributed by atoms with van der Waals surface area (Å²) in [5, 5.41) is 8.53. The van der Waals surface area contributed by atoms with E-state index in [-0.39, 0.29) is 11.1 Å². The second kappa shape index (κ2) is 4.88. The molecule has 0 saturated heterocycles. The first-order valence-electron chi connectivity index (χ1n) is 4.08. The zero-order valence-corrected chi connectivity index (χ0v) is 8.14. The Morgan fingerprint density at radius 1 is 1.54 bits per heavy atom. The average molecular weight is 195 g/mol. The molecule has 0 aromatic heterocycles. The van der Waals surface area contributed by atoms with E-state index in [2.05, 4.69) is 6.07 Å². The third-order valence-electron chi connectivity index (χ3n) is 1.62. The number of nitriles is 1. The monoisotopic (exact) mass is 195 g/mol. The summed E-state index contributed by atoms with van der Waals surface area (Å²) in [6, 6.07) is 8.65. The molecule has 0 amide bonds. The van der Waals surface area contributed by atoms with E-state index in [1.54, 1.807) is 18.2 Å². The smallest absolute Gasteiger partial charge is 0.136 e. The molecule has 68 valence electrons.